The van der Waals surface area contributed by atoms with Crippen LogP contribution in [0.1, 0.15) is 73.6 Å². The van der Waals surface area contributed by atoms with Gasteiger partial charge in [-0.1, -0.05) is 47.5 Å². The Hall–Kier alpha value is -1.76. The molecule has 0 radical (unpaired) electrons. The fourth-order valence-corrected chi connectivity index (χ4v) is 2.97. The highest BCUT2D eigenvalue weighted by Crippen LogP contribution is 2.16. The predicted octanol–water partition coefficient (Wildman–Crippen LogP) is 2.02. The lowest BCUT2D eigenvalue weighted by Gasteiger charge is -2.32. The molecule has 156 valence electrons. The highest BCUT2D eigenvalue weighted by atomic mass is 16.2. The van der Waals surface area contributed by atoms with Crippen LogP contribution in [0.15, 0.2) is 0 Å². The molecular formula is C20H37N3O4. The SMILES string of the molecule is CCCC[C@@H](C=O)NC(=O)[C@H](CC(C)C)N(C(C)=O)C(=O)[C@@H](N)CC(C)C. The molecule has 7 heteroatoms. The molecule has 0 spiro atoms. The Bertz CT molecular complexity index is 505. The topological polar surface area (TPSA) is 110 Å². The highest BCUT2D eigenvalue weighted by molar-refractivity contribution is 6.01. The normalized spacial score (nSPS) is 14.6. The number of nitrogens with one attached hydrogen (secondary N) is 1. The predicted molar refractivity (Wildman–Crippen MR) is 106 cm³/mol. The molecule has 0 aliphatic rings. The number of hydrogen-bond acceptors (Lipinski definition) is 5. The third-order valence-corrected chi connectivity index (χ3v) is 4.29. The van der Waals surface area contributed by atoms with Gasteiger partial charge in [0.2, 0.25) is 17.7 Å². The van der Waals surface area contributed by atoms with Crippen molar-refractivity contribution in [2.75, 3.05) is 0 Å². The van der Waals surface area contributed by atoms with Gasteiger partial charge in [-0.15, -0.1) is 0 Å². The van der Waals surface area contributed by atoms with Crippen molar-refractivity contribution in [3.63, 3.8) is 0 Å². The molecule has 0 bridgehead atoms. The largest absolute Gasteiger partial charge is 0.345 e. The summed E-state index contributed by atoms with van der Waals surface area (Å²) in [5.74, 6) is -1.30. The molecule has 0 aromatic carbocycles. The van der Waals surface area contributed by atoms with E-state index >= 15 is 0 Å². The van der Waals surface area contributed by atoms with Crippen molar-refractivity contribution in [3.05, 3.63) is 0 Å². The number of amides is 3. The van der Waals surface area contributed by atoms with Gasteiger partial charge in [0.25, 0.3) is 0 Å². The number of imide groups is 1. The summed E-state index contributed by atoms with van der Waals surface area (Å²) in [6.45, 7) is 10.9. The second kappa shape index (κ2) is 12.6. The van der Waals surface area contributed by atoms with Crippen LogP contribution in [0, 0.1) is 11.8 Å². The highest BCUT2D eigenvalue weighted by Gasteiger charge is 2.36. The number of aldehydes is 1. The first-order valence-electron chi connectivity index (χ1n) is 9.89. The van der Waals surface area contributed by atoms with Crippen LogP contribution in [-0.2, 0) is 19.2 Å². The second-order valence-electron chi connectivity index (χ2n) is 8.00. The maximum absolute atomic E-state index is 12.8. The zero-order chi connectivity index (χ0) is 21.1. The summed E-state index contributed by atoms with van der Waals surface area (Å²) < 4.78 is 0. The minimum absolute atomic E-state index is 0.0713. The Labute approximate surface area is 163 Å². The van der Waals surface area contributed by atoms with Crippen LogP contribution in [0.2, 0.25) is 0 Å². The number of carbonyl (C=O) groups is 4. The van der Waals surface area contributed by atoms with Crippen molar-refractivity contribution >= 4 is 24.0 Å². The molecule has 0 rings (SSSR count). The van der Waals surface area contributed by atoms with Gasteiger partial charge in [-0.3, -0.25) is 19.3 Å². The van der Waals surface area contributed by atoms with E-state index in [1.165, 1.54) is 6.92 Å². The van der Waals surface area contributed by atoms with Crippen molar-refractivity contribution in [3.8, 4) is 0 Å². The van der Waals surface area contributed by atoms with Crippen LogP contribution in [0.4, 0.5) is 0 Å². The Morgan fingerprint density at radius 2 is 1.63 bits per heavy atom. The quantitative estimate of drug-likeness (QED) is 0.501. The van der Waals surface area contributed by atoms with E-state index in [0.717, 1.165) is 17.7 Å². The molecule has 3 atom stereocenters. The molecule has 27 heavy (non-hydrogen) atoms. The van der Waals surface area contributed by atoms with Gasteiger partial charge in [-0.05, 0) is 31.1 Å². The number of unbranched alkanes of at least 4 members (excludes halogenated alkanes) is 1. The van der Waals surface area contributed by atoms with Gasteiger partial charge in [-0.25, -0.2) is 0 Å². The minimum Gasteiger partial charge on any atom is -0.345 e. The molecular weight excluding hydrogens is 346 g/mol. The molecule has 3 N–H and O–H groups in total. The summed E-state index contributed by atoms with van der Waals surface area (Å²) in [4.78, 5) is 50.1. The first kappa shape index (κ1) is 25.2. The summed E-state index contributed by atoms with van der Waals surface area (Å²) in [7, 11) is 0. The molecule has 0 saturated heterocycles. The van der Waals surface area contributed by atoms with Crippen LogP contribution in [-0.4, -0.2) is 47.0 Å². The number of nitrogens with two attached hydrogens (primary N) is 1. The lowest BCUT2D eigenvalue weighted by Crippen LogP contribution is -2.57. The monoisotopic (exact) mass is 383 g/mol. The minimum atomic E-state index is -0.975. The van der Waals surface area contributed by atoms with E-state index in [2.05, 4.69) is 5.32 Å². The summed E-state index contributed by atoms with van der Waals surface area (Å²) in [6, 6.07) is -2.45. The number of rotatable bonds is 12. The van der Waals surface area contributed by atoms with E-state index in [1.807, 2.05) is 34.6 Å². The van der Waals surface area contributed by atoms with Crippen molar-refractivity contribution in [1.82, 2.24) is 10.2 Å². The second-order valence-corrected chi connectivity index (χ2v) is 8.00. The van der Waals surface area contributed by atoms with Crippen LogP contribution in [0.25, 0.3) is 0 Å². The van der Waals surface area contributed by atoms with Gasteiger partial charge in [0.15, 0.2) is 0 Å². The first-order valence-corrected chi connectivity index (χ1v) is 9.89. The average molecular weight is 384 g/mol. The van der Waals surface area contributed by atoms with Crippen LogP contribution < -0.4 is 11.1 Å². The van der Waals surface area contributed by atoms with Crippen LogP contribution in [0.5, 0.6) is 0 Å². The van der Waals surface area contributed by atoms with E-state index in [4.69, 9.17) is 5.73 Å². The summed E-state index contributed by atoms with van der Waals surface area (Å²) >= 11 is 0. The van der Waals surface area contributed by atoms with Gasteiger partial charge in [0.05, 0.1) is 12.1 Å². The lowest BCUT2D eigenvalue weighted by atomic mass is 9.98. The Balaban J connectivity index is 5.55. The Kier molecular flexibility index (Phi) is 11.8. The van der Waals surface area contributed by atoms with Crippen LogP contribution in [0.3, 0.4) is 0 Å². The van der Waals surface area contributed by atoms with Gasteiger partial charge in [-0.2, -0.15) is 0 Å². The van der Waals surface area contributed by atoms with E-state index < -0.39 is 35.8 Å². The first-order chi connectivity index (χ1) is 12.5. The molecule has 0 unspecified atom stereocenters. The number of carbonyl (C=O) groups excluding carboxylic acids is 4. The third kappa shape index (κ3) is 9.13. The molecule has 0 saturated carbocycles. The van der Waals surface area contributed by atoms with Crippen molar-refractivity contribution in [2.45, 2.75) is 91.8 Å². The Morgan fingerprint density at radius 3 is 2.04 bits per heavy atom. The molecule has 0 aromatic rings. The lowest BCUT2D eigenvalue weighted by molar-refractivity contribution is -0.152. The fraction of sp³-hybridized carbons (Fsp3) is 0.800. The maximum Gasteiger partial charge on any atom is 0.246 e. The van der Waals surface area contributed by atoms with Gasteiger partial charge in [0.1, 0.15) is 12.3 Å². The zero-order valence-electron chi connectivity index (χ0n) is 17.7. The van der Waals surface area contributed by atoms with E-state index in [0.29, 0.717) is 25.5 Å². The van der Waals surface area contributed by atoms with Gasteiger partial charge < -0.3 is 15.8 Å². The molecule has 0 heterocycles. The molecule has 0 aliphatic heterocycles. The molecule has 0 aliphatic carbocycles. The van der Waals surface area contributed by atoms with Gasteiger partial charge >= 0.3 is 0 Å². The average Bonchev–Trinajstić information content (AvgIpc) is 2.56. The summed E-state index contributed by atoms with van der Waals surface area (Å²) in [6.07, 6.45) is 3.66. The molecule has 0 fully saturated rings. The number of hydrogen-bond donors (Lipinski definition) is 2. The fourth-order valence-electron chi connectivity index (χ4n) is 2.97. The maximum atomic E-state index is 12.8. The van der Waals surface area contributed by atoms with Crippen molar-refractivity contribution in [2.24, 2.45) is 17.6 Å². The molecule has 0 aromatic heterocycles. The summed E-state index contributed by atoms with van der Waals surface area (Å²) in [5.41, 5.74) is 5.99. The van der Waals surface area contributed by atoms with E-state index in [1.54, 1.807) is 0 Å². The molecule has 7 nitrogen and oxygen atoms in total. The zero-order valence-corrected chi connectivity index (χ0v) is 17.7. The smallest absolute Gasteiger partial charge is 0.246 e. The molecule has 3 amide bonds. The van der Waals surface area contributed by atoms with Crippen molar-refractivity contribution < 1.29 is 19.2 Å². The Morgan fingerprint density at radius 1 is 1.07 bits per heavy atom. The number of nitrogens with zero attached hydrogens (tertiary/aromatic N) is 1. The standard InChI is InChI=1S/C20H37N3O4/c1-7-8-9-16(12-24)22-19(26)18(11-14(4)5)23(15(6)25)20(27)17(21)10-13(2)3/h12-14,16-18H,7-11,21H2,1-6H3,(H,22,26)/t16-,17-,18-/m0/s1. The summed E-state index contributed by atoms with van der Waals surface area (Å²) in [5, 5.41) is 2.68. The van der Waals surface area contributed by atoms with E-state index in [-0.39, 0.29) is 11.8 Å². The third-order valence-electron chi connectivity index (χ3n) is 4.29. The van der Waals surface area contributed by atoms with Crippen LogP contribution >= 0.6 is 0 Å². The van der Waals surface area contributed by atoms with Gasteiger partial charge in [0, 0.05) is 6.92 Å². The van der Waals surface area contributed by atoms with E-state index in [9.17, 15) is 19.2 Å². The van der Waals surface area contributed by atoms with Crippen molar-refractivity contribution in [1.29, 1.82) is 0 Å².